The van der Waals surface area contributed by atoms with Crippen molar-refractivity contribution in [3.63, 3.8) is 0 Å². The number of hydrogen-bond acceptors (Lipinski definition) is 4. The Morgan fingerprint density at radius 2 is 2.50 bits per heavy atom. The minimum Gasteiger partial charge on any atom is -0.464 e. The molecule has 0 aliphatic heterocycles. The molecule has 72 valence electrons. The number of carbonyl (C=O) groups excluding carboxylic acids is 1. The summed E-state index contributed by atoms with van der Waals surface area (Å²) in [6.45, 7) is 0. The third-order valence-electron chi connectivity index (χ3n) is 1.74. The minimum absolute atomic E-state index is 0.372. The Hall–Kier alpha value is -1.62. The molecule has 0 saturated carbocycles. The Morgan fingerprint density at radius 1 is 1.64 bits per heavy atom. The first-order chi connectivity index (χ1) is 6.81. The molecule has 14 heavy (non-hydrogen) atoms. The van der Waals surface area contributed by atoms with Gasteiger partial charge in [0.05, 0.1) is 18.5 Å². The average Bonchev–Trinajstić information content (AvgIpc) is 2.86. The van der Waals surface area contributed by atoms with Crippen LogP contribution in [0.3, 0.4) is 0 Å². The maximum absolute atomic E-state index is 11.1. The molecule has 0 bridgehead atoms. The first-order valence-corrected chi connectivity index (χ1v) is 4.87. The van der Waals surface area contributed by atoms with E-state index in [1.807, 2.05) is 23.7 Å². The van der Waals surface area contributed by atoms with Crippen LogP contribution in [0, 0.1) is 0 Å². The Labute approximate surface area is 84.6 Å². The molecule has 0 radical (unpaired) electrons. The van der Waals surface area contributed by atoms with E-state index in [0.717, 1.165) is 11.4 Å². The van der Waals surface area contributed by atoms with Gasteiger partial charge in [-0.2, -0.15) is 0 Å². The van der Waals surface area contributed by atoms with E-state index in [4.69, 9.17) is 0 Å². The Balaban J connectivity index is 2.31. The zero-order valence-corrected chi connectivity index (χ0v) is 8.30. The monoisotopic (exact) mass is 208 g/mol. The van der Waals surface area contributed by atoms with Gasteiger partial charge in [0.25, 0.3) is 0 Å². The summed E-state index contributed by atoms with van der Waals surface area (Å²) >= 11 is 1.27. The molecule has 5 heteroatoms. The summed E-state index contributed by atoms with van der Waals surface area (Å²) in [5, 5.41) is 2.19. The first kappa shape index (κ1) is 8.96. The van der Waals surface area contributed by atoms with Crippen molar-refractivity contribution in [1.82, 2.24) is 9.97 Å². The quantitative estimate of drug-likeness (QED) is 0.767. The van der Waals surface area contributed by atoms with Crippen LogP contribution in [0.5, 0.6) is 0 Å². The Bertz CT molecular complexity index is 433. The molecule has 2 heterocycles. The van der Waals surface area contributed by atoms with E-state index < -0.39 is 5.97 Å². The van der Waals surface area contributed by atoms with Gasteiger partial charge in [-0.3, -0.25) is 0 Å². The van der Waals surface area contributed by atoms with Crippen molar-refractivity contribution in [2.45, 2.75) is 0 Å². The van der Waals surface area contributed by atoms with E-state index in [0.29, 0.717) is 5.01 Å². The smallest absolute Gasteiger partial charge is 0.367 e. The molecule has 2 aromatic heterocycles. The summed E-state index contributed by atoms with van der Waals surface area (Å²) in [5.41, 5.74) is 1.66. The van der Waals surface area contributed by atoms with Crippen LogP contribution in [0.4, 0.5) is 0 Å². The SMILES string of the molecule is COC(=O)c1nc(-c2ccc[nH]2)cs1. The molecule has 0 fully saturated rings. The predicted octanol–water partition coefficient (Wildman–Crippen LogP) is 1.92. The van der Waals surface area contributed by atoms with Gasteiger partial charge in [0.15, 0.2) is 0 Å². The van der Waals surface area contributed by atoms with Crippen molar-refractivity contribution in [1.29, 1.82) is 0 Å². The molecule has 0 spiro atoms. The fraction of sp³-hybridized carbons (Fsp3) is 0.111. The number of methoxy groups -OCH3 is 1. The summed E-state index contributed by atoms with van der Waals surface area (Å²) < 4.78 is 4.57. The van der Waals surface area contributed by atoms with Crippen molar-refractivity contribution < 1.29 is 9.53 Å². The fourth-order valence-corrected chi connectivity index (χ4v) is 1.80. The molecule has 0 atom stereocenters. The van der Waals surface area contributed by atoms with Gasteiger partial charge < -0.3 is 9.72 Å². The zero-order chi connectivity index (χ0) is 9.97. The molecule has 0 unspecified atom stereocenters. The molecule has 0 amide bonds. The Kier molecular flexibility index (Phi) is 2.32. The number of rotatable bonds is 2. The van der Waals surface area contributed by atoms with Gasteiger partial charge in [-0.05, 0) is 12.1 Å². The number of ether oxygens (including phenoxy) is 1. The Morgan fingerprint density at radius 3 is 3.14 bits per heavy atom. The highest BCUT2D eigenvalue weighted by Crippen LogP contribution is 2.20. The number of esters is 1. The minimum atomic E-state index is -0.396. The number of hydrogen-bond donors (Lipinski definition) is 1. The number of nitrogens with one attached hydrogen (secondary N) is 1. The topological polar surface area (TPSA) is 55.0 Å². The predicted molar refractivity (Wildman–Crippen MR) is 53.2 cm³/mol. The van der Waals surface area contributed by atoms with Crippen LogP contribution < -0.4 is 0 Å². The molecule has 0 aliphatic rings. The second-order valence-electron chi connectivity index (χ2n) is 2.61. The second-order valence-corrected chi connectivity index (χ2v) is 3.47. The maximum Gasteiger partial charge on any atom is 0.367 e. The molecule has 0 saturated heterocycles. The van der Waals surface area contributed by atoms with E-state index in [1.165, 1.54) is 18.4 Å². The van der Waals surface area contributed by atoms with Crippen molar-refractivity contribution in [3.05, 3.63) is 28.7 Å². The van der Waals surface area contributed by atoms with Gasteiger partial charge in [-0.25, -0.2) is 9.78 Å². The highest BCUT2D eigenvalue weighted by atomic mass is 32.1. The van der Waals surface area contributed by atoms with Gasteiger partial charge in [-0.15, -0.1) is 11.3 Å². The molecular weight excluding hydrogens is 200 g/mol. The molecule has 0 aromatic carbocycles. The number of aromatic amines is 1. The maximum atomic E-state index is 11.1. The largest absolute Gasteiger partial charge is 0.464 e. The van der Waals surface area contributed by atoms with Crippen molar-refractivity contribution in [3.8, 4) is 11.4 Å². The number of aromatic nitrogens is 2. The molecule has 4 nitrogen and oxygen atoms in total. The number of thiazole rings is 1. The van der Waals surface area contributed by atoms with Crippen molar-refractivity contribution >= 4 is 17.3 Å². The van der Waals surface area contributed by atoms with Crippen molar-refractivity contribution in [2.24, 2.45) is 0 Å². The molecule has 0 aliphatic carbocycles. The number of nitrogens with zero attached hydrogens (tertiary/aromatic N) is 1. The first-order valence-electron chi connectivity index (χ1n) is 3.99. The molecular formula is C9H8N2O2S. The van der Waals surface area contributed by atoms with E-state index in [1.54, 1.807) is 0 Å². The van der Waals surface area contributed by atoms with Gasteiger partial charge in [0, 0.05) is 11.6 Å². The third kappa shape index (κ3) is 1.54. The van der Waals surface area contributed by atoms with E-state index in [2.05, 4.69) is 14.7 Å². The lowest BCUT2D eigenvalue weighted by molar-refractivity contribution is 0.0600. The number of H-pyrrole nitrogens is 1. The lowest BCUT2D eigenvalue weighted by atomic mass is 10.3. The molecule has 2 rings (SSSR count). The van der Waals surface area contributed by atoms with Crippen LogP contribution in [0.1, 0.15) is 9.80 Å². The zero-order valence-electron chi connectivity index (χ0n) is 7.48. The molecule has 1 N–H and O–H groups in total. The summed E-state index contributed by atoms with van der Waals surface area (Å²) in [7, 11) is 1.35. The molecule has 2 aromatic rings. The normalized spacial score (nSPS) is 10.1. The van der Waals surface area contributed by atoms with Crippen LogP contribution in [-0.2, 0) is 4.74 Å². The van der Waals surface area contributed by atoms with E-state index in [-0.39, 0.29) is 0 Å². The highest BCUT2D eigenvalue weighted by molar-refractivity contribution is 7.11. The van der Waals surface area contributed by atoms with Gasteiger partial charge in [0.2, 0.25) is 5.01 Å². The number of carbonyl (C=O) groups is 1. The van der Waals surface area contributed by atoms with Crippen LogP contribution >= 0.6 is 11.3 Å². The second kappa shape index (κ2) is 3.63. The van der Waals surface area contributed by atoms with Gasteiger partial charge >= 0.3 is 5.97 Å². The standard InChI is InChI=1S/C9H8N2O2S/c1-13-9(12)8-11-7(5-14-8)6-3-2-4-10-6/h2-5,10H,1H3. The van der Waals surface area contributed by atoms with Gasteiger partial charge in [0.1, 0.15) is 0 Å². The fourth-order valence-electron chi connectivity index (χ4n) is 1.07. The summed E-state index contributed by atoms with van der Waals surface area (Å²) in [6.07, 6.45) is 1.81. The summed E-state index contributed by atoms with van der Waals surface area (Å²) in [5.74, 6) is -0.396. The summed E-state index contributed by atoms with van der Waals surface area (Å²) in [6, 6.07) is 3.78. The van der Waals surface area contributed by atoms with Crippen LogP contribution in [0.2, 0.25) is 0 Å². The van der Waals surface area contributed by atoms with E-state index in [9.17, 15) is 4.79 Å². The highest BCUT2D eigenvalue weighted by Gasteiger charge is 2.11. The van der Waals surface area contributed by atoms with Crippen LogP contribution in [-0.4, -0.2) is 23.0 Å². The lowest BCUT2D eigenvalue weighted by Gasteiger charge is -1.91. The average molecular weight is 208 g/mol. The summed E-state index contributed by atoms with van der Waals surface area (Å²) in [4.78, 5) is 18.3. The lowest BCUT2D eigenvalue weighted by Crippen LogP contribution is -1.99. The van der Waals surface area contributed by atoms with Gasteiger partial charge in [-0.1, -0.05) is 0 Å². The third-order valence-corrected chi connectivity index (χ3v) is 2.56. The van der Waals surface area contributed by atoms with Crippen molar-refractivity contribution in [2.75, 3.05) is 7.11 Å². The van der Waals surface area contributed by atoms with Crippen LogP contribution in [0.15, 0.2) is 23.7 Å². The van der Waals surface area contributed by atoms with E-state index >= 15 is 0 Å². The van der Waals surface area contributed by atoms with Crippen LogP contribution in [0.25, 0.3) is 11.4 Å².